The van der Waals surface area contributed by atoms with Gasteiger partial charge in [-0.25, -0.2) is 0 Å². The van der Waals surface area contributed by atoms with E-state index in [1.807, 2.05) is 31.2 Å². The molecule has 4 heteroatoms. The zero-order chi connectivity index (χ0) is 14.3. The molecule has 1 heterocycles. The van der Waals surface area contributed by atoms with Crippen LogP contribution in [0.5, 0.6) is 0 Å². The van der Waals surface area contributed by atoms with Gasteiger partial charge in [0.1, 0.15) is 17.4 Å². The third-order valence-corrected chi connectivity index (χ3v) is 4.03. The van der Waals surface area contributed by atoms with Crippen molar-refractivity contribution in [2.24, 2.45) is 0 Å². The summed E-state index contributed by atoms with van der Waals surface area (Å²) in [4.78, 5) is 0. The quantitative estimate of drug-likeness (QED) is 0.712. The minimum atomic E-state index is -0.864. The summed E-state index contributed by atoms with van der Waals surface area (Å²) in [5.74, 6) is 0.493. The number of aliphatic hydroxyl groups excluding tert-OH is 1. The van der Waals surface area contributed by atoms with Crippen molar-refractivity contribution >= 4 is 34.2 Å². The normalized spacial score (nSPS) is 12.8. The molecule has 1 N–H and O–H groups in total. The van der Waals surface area contributed by atoms with E-state index in [9.17, 15) is 5.11 Å². The third-order valence-electron chi connectivity index (χ3n) is 3.29. The second-order valence-electron chi connectivity index (χ2n) is 4.72. The van der Waals surface area contributed by atoms with Crippen LogP contribution in [-0.4, -0.2) is 5.11 Å². The lowest BCUT2D eigenvalue weighted by Crippen LogP contribution is -1.97. The summed E-state index contributed by atoms with van der Waals surface area (Å²) in [6.45, 7) is 1.97. The van der Waals surface area contributed by atoms with E-state index in [2.05, 4.69) is 0 Å². The van der Waals surface area contributed by atoms with Crippen molar-refractivity contribution in [2.45, 2.75) is 13.0 Å². The van der Waals surface area contributed by atoms with Gasteiger partial charge >= 0.3 is 0 Å². The van der Waals surface area contributed by atoms with Gasteiger partial charge in [0.2, 0.25) is 0 Å². The van der Waals surface area contributed by atoms with Gasteiger partial charge in [-0.3, -0.25) is 0 Å². The number of rotatable bonds is 2. The highest BCUT2D eigenvalue weighted by molar-refractivity contribution is 6.42. The summed E-state index contributed by atoms with van der Waals surface area (Å²) in [7, 11) is 0. The summed E-state index contributed by atoms with van der Waals surface area (Å²) in [5.41, 5.74) is 2.48. The minimum Gasteiger partial charge on any atom is -0.458 e. The lowest BCUT2D eigenvalue weighted by molar-refractivity contribution is 0.192. The first-order valence-electron chi connectivity index (χ1n) is 6.18. The van der Waals surface area contributed by atoms with Crippen molar-refractivity contribution in [1.29, 1.82) is 0 Å². The average Bonchev–Trinajstić information content (AvgIpc) is 2.86. The van der Waals surface area contributed by atoms with Crippen molar-refractivity contribution in [3.05, 3.63) is 69.4 Å². The Morgan fingerprint density at radius 1 is 1.05 bits per heavy atom. The zero-order valence-corrected chi connectivity index (χ0v) is 12.2. The lowest BCUT2D eigenvalue weighted by Gasteiger charge is -2.08. The number of aliphatic hydroxyl groups is 1. The van der Waals surface area contributed by atoms with Crippen molar-refractivity contribution in [3.63, 3.8) is 0 Å². The number of aryl methyl sites for hydroxylation is 1. The van der Waals surface area contributed by atoms with Crippen molar-refractivity contribution < 1.29 is 9.52 Å². The summed E-state index contributed by atoms with van der Waals surface area (Å²) in [6.07, 6.45) is -0.864. The molecule has 1 aromatic heterocycles. The Balaban J connectivity index is 2.05. The molecule has 2 nitrogen and oxygen atoms in total. The van der Waals surface area contributed by atoms with E-state index < -0.39 is 6.10 Å². The largest absolute Gasteiger partial charge is 0.458 e. The molecule has 102 valence electrons. The van der Waals surface area contributed by atoms with E-state index in [4.69, 9.17) is 27.6 Å². The molecule has 0 saturated heterocycles. The molecule has 20 heavy (non-hydrogen) atoms. The van der Waals surface area contributed by atoms with Crippen LogP contribution in [0.3, 0.4) is 0 Å². The molecule has 0 bridgehead atoms. The van der Waals surface area contributed by atoms with Crippen LogP contribution in [0.2, 0.25) is 10.0 Å². The zero-order valence-electron chi connectivity index (χ0n) is 10.7. The van der Waals surface area contributed by atoms with E-state index in [1.165, 1.54) is 0 Å². The Labute approximate surface area is 126 Å². The van der Waals surface area contributed by atoms with Crippen LogP contribution in [0.15, 0.2) is 46.9 Å². The maximum Gasteiger partial charge on any atom is 0.138 e. The molecule has 0 radical (unpaired) electrons. The first kappa shape index (κ1) is 13.5. The van der Waals surface area contributed by atoms with Gasteiger partial charge in [-0.05, 0) is 36.2 Å². The van der Waals surface area contributed by atoms with Gasteiger partial charge < -0.3 is 9.52 Å². The average molecular weight is 307 g/mol. The number of furan rings is 1. The van der Waals surface area contributed by atoms with Crippen LogP contribution >= 0.6 is 23.2 Å². The highest BCUT2D eigenvalue weighted by atomic mass is 35.5. The van der Waals surface area contributed by atoms with E-state index in [1.54, 1.807) is 18.2 Å². The second-order valence-corrected chi connectivity index (χ2v) is 5.53. The monoisotopic (exact) mass is 306 g/mol. The fourth-order valence-electron chi connectivity index (χ4n) is 2.21. The number of fused-ring (bicyclic) bond motifs is 1. The molecule has 3 aromatic rings. The van der Waals surface area contributed by atoms with Crippen LogP contribution in [-0.2, 0) is 0 Å². The number of halogens is 2. The molecule has 0 spiro atoms. The predicted molar refractivity (Wildman–Crippen MR) is 81.5 cm³/mol. The van der Waals surface area contributed by atoms with Gasteiger partial charge in [-0.15, -0.1) is 0 Å². The Morgan fingerprint density at radius 2 is 1.85 bits per heavy atom. The summed E-state index contributed by atoms with van der Waals surface area (Å²) < 4.78 is 5.76. The molecule has 2 aromatic carbocycles. The SMILES string of the molecule is Cc1cccc2cc(C(O)c3ccc(Cl)c(Cl)c3)oc12. The molecule has 0 fully saturated rings. The van der Waals surface area contributed by atoms with Gasteiger partial charge in [0.15, 0.2) is 0 Å². The molecule has 0 saturated carbocycles. The van der Waals surface area contributed by atoms with Gasteiger partial charge in [-0.1, -0.05) is 47.5 Å². The highest BCUT2D eigenvalue weighted by Gasteiger charge is 2.17. The molecule has 0 aliphatic carbocycles. The highest BCUT2D eigenvalue weighted by Crippen LogP contribution is 2.32. The summed E-state index contributed by atoms with van der Waals surface area (Å²) in [5, 5.41) is 12.2. The first-order valence-corrected chi connectivity index (χ1v) is 6.94. The van der Waals surface area contributed by atoms with Gasteiger partial charge in [0.05, 0.1) is 10.0 Å². The number of hydrogen-bond donors (Lipinski definition) is 1. The minimum absolute atomic E-state index is 0.413. The molecule has 0 amide bonds. The van der Waals surface area contributed by atoms with Crippen molar-refractivity contribution in [1.82, 2.24) is 0 Å². The first-order chi connectivity index (χ1) is 9.56. The Kier molecular flexibility index (Phi) is 3.47. The van der Waals surface area contributed by atoms with E-state index in [-0.39, 0.29) is 0 Å². The van der Waals surface area contributed by atoms with Crippen LogP contribution in [0.4, 0.5) is 0 Å². The number of hydrogen-bond acceptors (Lipinski definition) is 2. The molecular formula is C16H12Cl2O2. The fraction of sp³-hybridized carbons (Fsp3) is 0.125. The summed E-state index contributed by atoms with van der Waals surface area (Å²) >= 11 is 11.9. The van der Waals surface area contributed by atoms with Crippen LogP contribution in [0.1, 0.15) is 23.0 Å². The molecule has 0 aliphatic heterocycles. The van der Waals surface area contributed by atoms with E-state index in [0.717, 1.165) is 16.5 Å². The number of para-hydroxylation sites is 1. The maximum absolute atomic E-state index is 10.4. The molecule has 0 aliphatic rings. The van der Waals surface area contributed by atoms with Crippen LogP contribution < -0.4 is 0 Å². The van der Waals surface area contributed by atoms with Crippen LogP contribution in [0.25, 0.3) is 11.0 Å². The standard InChI is InChI=1S/C16H12Cl2O2/c1-9-3-2-4-11-8-14(20-16(9)11)15(19)10-5-6-12(17)13(18)7-10/h2-8,15,19H,1H3. The van der Waals surface area contributed by atoms with E-state index >= 15 is 0 Å². The van der Waals surface area contributed by atoms with Gasteiger partial charge in [0.25, 0.3) is 0 Å². The van der Waals surface area contributed by atoms with Gasteiger partial charge in [-0.2, -0.15) is 0 Å². The maximum atomic E-state index is 10.4. The molecule has 1 atom stereocenters. The third kappa shape index (κ3) is 2.31. The fourth-order valence-corrected chi connectivity index (χ4v) is 2.52. The molecular weight excluding hydrogens is 295 g/mol. The molecule has 1 unspecified atom stereocenters. The Hall–Kier alpha value is -1.48. The van der Waals surface area contributed by atoms with Gasteiger partial charge in [0, 0.05) is 5.39 Å². The number of benzene rings is 2. The van der Waals surface area contributed by atoms with Crippen molar-refractivity contribution in [3.8, 4) is 0 Å². The van der Waals surface area contributed by atoms with Crippen molar-refractivity contribution in [2.75, 3.05) is 0 Å². The second kappa shape index (κ2) is 5.13. The van der Waals surface area contributed by atoms with E-state index in [0.29, 0.717) is 21.4 Å². The Morgan fingerprint density at radius 3 is 2.55 bits per heavy atom. The lowest BCUT2D eigenvalue weighted by atomic mass is 10.1. The van der Waals surface area contributed by atoms with Crippen LogP contribution in [0, 0.1) is 6.92 Å². The predicted octanol–water partition coefficient (Wildman–Crippen LogP) is 5.13. The molecule has 3 rings (SSSR count). The summed E-state index contributed by atoms with van der Waals surface area (Å²) in [6, 6.07) is 12.8. The Bertz CT molecular complexity index is 777. The smallest absolute Gasteiger partial charge is 0.138 e. The topological polar surface area (TPSA) is 33.4 Å².